The molecule has 2 aromatic rings. The highest BCUT2D eigenvalue weighted by Crippen LogP contribution is 2.22. The van der Waals surface area contributed by atoms with Gasteiger partial charge in [-0.15, -0.1) is 11.8 Å². The summed E-state index contributed by atoms with van der Waals surface area (Å²) in [6.07, 6.45) is 4.88. The Hall–Kier alpha value is -2.32. The predicted molar refractivity (Wildman–Crippen MR) is 113 cm³/mol. The van der Waals surface area contributed by atoms with Gasteiger partial charge in [0.15, 0.2) is 0 Å². The smallest absolute Gasteiger partial charge is 0.263 e. The lowest BCUT2D eigenvalue weighted by molar-refractivity contribution is -0.116. The molecule has 1 aliphatic rings. The molecule has 8 heteroatoms. The van der Waals surface area contributed by atoms with Crippen LogP contribution in [0.2, 0.25) is 0 Å². The third-order valence-electron chi connectivity index (χ3n) is 4.37. The summed E-state index contributed by atoms with van der Waals surface area (Å²) < 4.78 is 26.5. The zero-order valence-corrected chi connectivity index (χ0v) is 17.3. The predicted octanol–water partition coefficient (Wildman–Crippen LogP) is 3.65. The Morgan fingerprint density at radius 1 is 1.07 bits per heavy atom. The van der Waals surface area contributed by atoms with Crippen LogP contribution in [0.3, 0.4) is 0 Å². The van der Waals surface area contributed by atoms with Gasteiger partial charge in [-0.2, -0.15) is 0 Å². The van der Waals surface area contributed by atoms with Gasteiger partial charge in [0, 0.05) is 29.1 Å². The normalized spacial score (nSPS) is 15.8. The van der Waals surface area contributed by atoms with Gasteiger partial charge < -0.3 is 5.32 Å². The minimum Gasteiger partial charge on any atom is -0.326 e. The van der Waals surface area contributed by atoms with Crippen LogP contribution in [0.5, 0.6) is 0 Å². The molecule has 1 heterocycles. The van der Waals surface area contributed by atoms with Crippen LogP contribution in [0, 0.1) is 0 Å². The van der Waals surface area contributed by atoms with E-state index in [1.165, 1.54) is 0 Å². The van der Waals surface area contributed by atoms with E-state index in [0.717, 1.165) is 29.8 Å². The van der Waals surface area contributed by atoms with Crippen LogP contribution < -0.4 is 10.0 Å². The van der Waals surface area contributed by atoms with Crippen molar-refractivity contribution in [2.75, 3.05) is 18.1 Å². The third-order valence-corrected chi connectivity index (χ3v) is 6.51. The Morgan fingerprint density at radius 3 is 2.57 bits per heavy atom. The van der Waals surface area contributed by atoms with Gasteiger partial charge in [-0.05, 0) is 55.5 Å². The first-order chi connectivity index (χ1) is 13.5. The van der Waals surface area contributed by atoms with Crippen LogP contribution in [0.25, 0.3) is 0 Å². The maximum atomic E-state index is 12.0. The van der Waals surface area contributed by atoms with E-state index in [4.69, 9.17) is 0 Å². The van der Waals surface area contributed by atoms with E-state index in [-0.39, 0.29) is 10.8 Å². The quantitative estimate of drug-likeness (QED) is 0.507. The van der Waals surface area contributed by atoms with Crippen molar-refractivity contribution in [3.05, 3.63) is 54.1 Å². The monoisotopic (exact) mass is 417 g/mol. The lowest BCUT2D eigenvalue weighted by atomic mass is 10.2. The van der Waals surface area contributed by atoms with Gasteiger partial charge in [0.2, 0.25) is 5.91 Å². The molecule has 0 fully saturated rings. The second-order valence-corrected chi connectivity index (χ2v) is 8.95. The molecular formula is C20H23N3O3S2. The van der Waals surface area contributed by atoms with Crippen LogP contribution in [-0.4, -0.2) is 33.0 Å². The van der Waals surface area contributed by atoms with Crippen LogP contribution in [0.4, 0.5) is 5.69 Å². The first kappa shape index (κ1) is 20.4. The number of amides is 1. The number of anilines is 1. The number of benzene rings is 2. The van der Waals surface area contributed by atoms with E-state index in [1.807, 2.05) is 30.5 Å². The van der Waals surface area contributed by atoms with Crippen molar-refractivity contribution in [3.8, 4) is 0 Å². The average molecular weight is 418 g/mol. The molecule has 2 N–H and O–H groups in total. The van der Waals surface area contributed by atoms with Crippen molar-refractivity contribution in [3.63, 3.8) is 0 Å². The average Bonchev–Trinajstić information content (AvgIpc) is 2.96. The number of aliphatic imine (C=N–C) groups is 1. The molecule has 28 heavy (non-hydrogen) atoms. The Bertz CT molecular complexity index is 970. The molecule has 0 saturated heterocycles. The Balaban J connectivity index is 1.39. The van der Waals surface area contributed by atoms with Crippen molar-refractivity contribution >= 4 is 39.2 Å². The number of fused-ring (bicyclic) bond motifs is 1. The molecule has 0 saturated carbocycles. The number of nitrogens with zero attached hydrogens (tertiary/aromatic N) is 1. The number of carbonyl (C=O) groups excluding carboxylic acids is 1. The van der Waals surface area contributed by atoms with Gasteiger partial charge in [0.05, 0.1) is 4.90 Å². The molecule has 0 atom stereocenters. The minimum atomic E-state index is -3.48. The summed E-state index contributed by atoms with van der Waals surface area (Å²) >= 11 is 1.66. The Morgan fingerprint density at radius 2 is 1.82 bits per heavy atom. The van der Waals surface area contributed by atoms with Crippen molar-refractivity contribution < 1.29 is 13.2 Å². The summed E-state index contributed by atoms with van der Waals surface area (Å²) in [4.78, 5) is 17.8. The molecule has 0 aliphatic carbocycles. The van der Waals surface area contributed by atoms with Crippen molar-refractivity contribution in [1.29, 1.82) is 0 Å². The third kappa shape index (κ3) is 5.14. The van der Waals surface area contributed by atoms with E-state index in [0.29, 0.717) is 24.4 Å². The second kappa shape index (κ2) is 9.25. The molecule has 0 bridgehead atoms. The fourth-order valence-corrected chi connectivity index (χ4v) is 4.57. The van der Waals surface area contributed by atoms with Gasteiger partial charge in [0.1, 0.15) is 5.84 Å². The molecule has 6 nitrogen and oxygen atoms in total. The molecule has 0 aromatic heterocycles. The molecule has 0 unspecified atom stereocenters. The van der Waals surface area contributed by atoms with Crippen LogP contribution >= 0.6 is 11.8 Å². The molecule has 1 aliphatic heterocycles. The molecular weight excluding hydrogens is 394 g/mol. The summed E-state index contributed by atoms with van der Waals surface area (Å²) in [5.41, 5.74) is 1.43. The highest BCUT2D eigenvalue weighted by atomic mass is 32.2. The van der Waals surface area contributed by atoms with Gasteiger partial charge in [-0.25, -0.2) is 8.42 Å². The number of amidine groups is 1. The molecule has 148 valence electrons. The number of thioether (sulfide) groups is 1. The fraction of sp³-hybridized carbons (Fsp3) is 0.300. The van der Waals surface area contributed by atoms with Gasteiger partial charge in [-0.3, -0.25) is 14.5 Å². The molecule has 1 amide bonds. The largest absolute Gasteiger partial charge is 0.326 e. The number of hydrogen-bond donors (Lipinski definition) is 2. The van der Waals surface area contributed by atoms with E-state index < -0.39 is 10.0 Å². The van der Waals surface area contributed by atoms with Crippen LogP contribution in [0.1, 0.15) is 31.2 Å². The SMILES string of the molecule is CSc1ccc(NC(=O)CCCCCN=C2NS(=O)(=O)c3ccccc32)cc1. The zero-order valence-electron chi connectivity index (χ0n) is 15.6. The summed E-state index contributed by atoms with van der Waals surface area (Å²) in [7, 11) is -3.48. The molecule has 3 rings (SSSR count). The van der Waals surface area contributed by atoms with Gasteiger partial charge in [0.25, 0.3) is 10.0 Å². The Kier molecular flexibility index (Phi) is 6.74. The van der Waals surface area contributed by atoms with Crippen molar-refractivity contribution in [2.24, 2.45) is 4.99 Å². The number of rotatable bonds is 8. The second-order valence-electron chi connectivity index (χ2n) is 6.42. The summed E-state index contributed by atoms with van der Waals surface area (Å²) in [5, 5.41) is 2.90. The van der Waals surface area contributed by atoms with Gasteiger partial charge >= 0.3 is 0 Å². The topological polar surface area (TPSA) is 87.6 Å². The van der Waals surface area contributed by atoms with E-state index in [9.17, 15) is 13.2 Å². The van der Waals surface area contributed by atoms with Crippen molar-refractivity contribution in [2.45, 2.75) is 35.5 Å². The molecule has 2 aromatic carbocycles. The maximum Gasteiger partial charge on any atom is 0.263 e. The van der Waals surface area contributed by atoms with E-state index in [1.54, 1.807) is 36.0 Å². The first-order valence-corrected chi connectivity index (χ1v) is 11.8. The lowest BCUT2D eigenvalue weighted by Gasteiger charge is -2.06. The molecule has 0 spiro atoms. The van der Waals surface area contributed by atoms with Crippen LogP contribution in [-0.2, 0) is 14.8 Å². The maximum absolute atomic E-state index is 12.0. The fourth-order valence-electron chi connectivity index (χ4n) is 2.91. The van der Waals surface area contributed by atoms with Crippen LogP contribution in [0.15, 0.2) is 63.3 Å². The number of sulfonamides is 1. The molecule has 0 radical (unpaired) electrons. The number of carbonyl (C=O) groups is 1. The minimum absolute atomic E-state index is 0.000644. The van der Waals surface area contributed by atoms with Crippen molar-refractivity contribution in [1.82, 2.24) is 4.72 Å². The highest BCUT2D eigenvalue weighted by molar-refractivity contribution is 7.98. The zero-order chi connectivity index (χ0) is 20.0. The lowest BCUT2D eigenvalue weighted by Crippen LogP contribution is -2.22. The number of hydrogen-bond acceptors (Lipinski definition) is 5. The first-order valence-electron chi connectivity index (χ1n) is 9.10. The number of nitrogens with one attached hydrogen (secondary N) is 2. The van der Waals surface area contributed by atoms with E-state index >= 15 is 0 Å². The summed E-state index contributed by atoms with van der Waals surface area (Å²) in [6, 6.07) is 14.6. The Labute approximate surface area is 169 Å². The summed E-state index contributed by atoms with van der Waals surface area (Å²) in [5.74, 6) is 0.405. The van der Waals surface area contributed by atoms with Gasteiger partial charge in [-0.1, -0.05) is 18.6 Å². The standard InChI is InChI=1S/C20H23N3O3S2/c1-27-16-12-10-15(11-13-16)22-19(24)9-3-2-6-14-21-20-17-7-4-5-8-18(17)28(25,26)23-20/h4-5,7-8,10-13H,2-3,6,9,14H2,1H3,(H,21,23)(H,22,24). The highest BCUT2D eigenvalue weighted by Gasteiger charge is 2.29. The summed E-state index contributed by atoms with van der Waals surface area (Å²) in [6.45, 7) is 0.518. The number of unbranched alkanes of at least 4 members (excludes halogenated alkanes) is 2. The van der Waals surface area contributed by atoms with E-state index in [2.05, 4.69) is 15.0 Å².